The van der Waals surface area contributed by atoms with E-state index in [9.17, 15) is 8.42 Å². The highest BCUT2D eigenvalue weighted by Crippen LogP contribution is 2.22. The topological polar surface area (TPSA) is 88.1 Å². The second-order valence-corrected chi connectivity index (χ2v) is 9.56. The Labute approximate surface area is 183 Å². The molecule has 1 N–H and O–H groups in total. The Hall–Kier alpha value is -2.84. The Balaban J connectivity index is 1.53. The minimum absolute atomic E-state index is 0.350. The summed E-state index contributed by atoms with van der Waals surface area (Å²) in [4.78, 5) is 13.6. The fourth-order valence-corrected chi connectivity index (χ4v) is 5.25. The number of aryl methyl sites for hydroxylation is 1. The molecule has 0 atom stereocenters. The first-order valence-corrected chi connectivity index (χ1v) is 12.1. The van der Waals surface area contributed by atoms with Crippen molar-refractivity contribution >= 4 is 15.8 Å². The van der Waals surface area contributed by atoms with Gasteiger partial charge in [-0.2, -0.15) is 4.31 Å². The Morgan fingerprint density at radius 1 is 1.00 bits per heavy atom. The molecule has 1 aliphatic heterocycles. The maximum Gasteiger partial charge on any atom is 0.243 e. The summed E-state index contributed by atoms with van der Waals surface area (Å²) in [7, 11) is -3.45. The van der Waals surface area contributed by atoms with Crippen LogP contribution in [-0.4, -0.2) is 40.8 Å². The fraction of sp³-hybridized carbons (Fsp3) is 0.348. The molecular formula is C23H27N5O2S. The monoisotopic (exact) mass is 437 g/mol. The van der Waals surface area contributed by atoms with Crippen LogP contribution in [0.1, 0.15) is 37.4 Å². The molecule has 31 heavy (non-hydrogen) atoms. The molecule has 0 bridgehead atoms. The maximum absolute atomic E-state index is 13.0. The smallest absolute Gasteiger partial charge is 0.243 e. The Morgan fingerprint density at radius 2 is 1.77 bits per heavy atom. The molecule has 0 saturated carbocycles. The summed E-state index contributed by atoms with van der Waals surface area (Å²) in [5, 5.41) is 3.33. The largest absolute Gasteiger partial charge is 0.366 e. The molecule has 4 rings (SSSR count). The van der Waals surface area contributed by atoms with Gasteiger partial charge in [0.1, 0.15) is 5.82 Å². The third-order valence-electron chi connectivity index (χ3n) is 5.40. The number of nitrogens with zero attached hydrogens (tertiary/aromatic N) is 4. The van der Waals surface area contributed by atoms with Crippen molar-refractivity contribution in [1.29, 1.82) is 0 Å². The number of piperidine rings is 1. The van der Waals surface area contributed by atoms with Gasteiger partial charge in [-0.15, -0.1) is 0 Å². The lowest BCUT2D eigenvalue weighted by Gasteiger charge is -2.26. The van der Waals surface area contributed by atoms with E-state index in [4.69, 9.17) is 0 Å². The summed E-state index contributed by atoms with van der Waals surface area (Å²) in [5.41, 5.74) is 2.73. The molecular weight excluding hydrogens is 410 g/mol. The van der Waals surface area contributed by atoms with Crippen molar-refractivity contribution in [2.75, 3.05) is 18.4 Å². The molecule has 8 heteroatoms. The number of aromatic nitrogens is 3. The van der Waals surface area contributed by atoms with E-state index in [0.29, 0.717) is 36.2 Å². The van der Waals surface area contributed by atoms with Gasteiger partial charge in [-0.1, -0.05) is 25.5 Å². The number of benzene rings is 1. The van der Waals surface area contributed by atoms with Gasteiger partial charge in [0.15, 0.2) is 5.82 Å². The van der Waals surface area contributed by atoms with E-state index in [2.05, 4.69) is 27.2 Å². The quantitative estimate of drug-likeness (QED) is 0.603. The Morgan fingerprint density at radius 3 is 2.52 bits per heavy atom. The van der Waals surface area contributed by atoms with Crippen molar-refractivity contribution in [3.63, 3.8) is 0 Å². The highest BCUT2D eigenvalue weighted by molar-refractivity contribution is 7.89. The number of anilines is 1. The number of hydrogen-bond donors (Lipinski definition) is 1. The average molecular weight is 438 g/mol. The molecule has 1 fully saturated rings. The van der Waals surface area contributed by atoms with Crippen molar-refractivity contribution in [3.05, 3.63) is 66.1 Å². The van der Waals surface area contributed by atoms with E-state index in [1.807, 2.05) is 24.3 Å². The van der Waals surface area contributed by atoms with Gasteiger partial charge in [-0.3, -0.25) is 4.98 Å². The second kappa shape index (κ2) is 9.53. The van der Waals surface area contributed by atoms with Gasteiger partial charge in [0, 0.05) is 49.4 Å². The van der Waals surface area contributed by atoms with Gasteiger partial charge >= 0.3 is 0 Å². The standard InChI is InChI=1S/C23H27N5O2S/c1-2-20-16-22(27-23(26-20)19-9-11-24-12-10-19)25-17-18-7-6-8-21(15-18)31(29,30)28-13-4-3-5-14-28/h6-12,15-16H,2-5,13-14,17H2,1H3,(H,25,26,27). The lowest BCUT2D eigenvalue weighted by molar-refractivity contribution is 0.346. The van der Waals surface area contributed by atoms with E-state index in [-0.39, 0.29) is 0 Å². The van der Waals surface area contributed by atoms with Gasteiger partial charge in [0.25, 0.3) is 0 Å². The van der Waals surface area contributed by atoms with Crippen molar-refractivity contribution < 1.29 is 8.42 Å². The average Bonchev–Trinajstić information content (AvgIpc) is 2.84. The molecule has 7 nitrogen and oxygen atoms in total. The van der Waals surface area contributed by atoms with Gasteiger partial charge in [-0.25, -0.2) is 18.4 Å². The van der Waals surface area contributed by atoms with Gasteiger partial charge in [0.2, 0.25) is 10.0 Å². The SMILES string of the molecule is CCc1cc(NCc2cccc(S(=O)(=O)N3CCCCC3)c2)nc(-c2ccncc2)n1. The molecule has 3 heterocycles. The minimum Gasteiger partial charge on any atom is -0.366 e. The van der Waals surface area contributed by atoms with Crippen molar-refractivity contribution in [1.82, 2.24) is 19.3 Å². The van der Waals surface area contributed by atoms with E-state index in [1.165, 1.54) is 0 Å². The van der Waals surface area contributed by atoms with E-state index in [1.54, 1.807) is 34.9 Å². The van der Waals surface area contributed by atoms with Crippen LogP contribution in [0.2, 0.25) is 0 Å². The van der Waals surface area contributed by atoms with Crippen LogP contribution in [0.5, 0.6) is 0 Å². The first-order valence-electron chi connectivity index (χ1n) is 10.7. The van der Waals surface area contributed by atoms with Crippen LogP contribution in [0.15, 0.2) is 59.8 Å². The van der Waals surface area contributed by atoms with Crippen LogP contribution < -0.4 is 5.32 Å². The van der Waals surface area contributed by atoms with E-state index < -0.39 is 10.0 Å². The van der Waals surface area contributed by atoms with E-state index in [0.717, 1.165) is 42.5 Å². The number of pyridine rings is 1. The summed E-state index contributed by atoms with van der Waals surface area (Å²) in [6, 6.07) is 12.8. The molecule has 1 saturated heterocycles. The fourth-order valence-electron chi connectivity index (χ4n) is 3.66. The summed E-state index contributed by atoms with van der Waals surface area (Å²) in [6.07, 6.45) is 7.17. The predicted molar refractivity (Wildman–Crippen MR) is 121 cm³/mol. The molecule has 0 spiro atoms. The molecule has 1 aliphatic rings. The van der Waals surface area contributed by atoms with Crippen LogP contribution >= 0.6 is 0 Å². The molecule has 0 unspecified atom stereocenters. The van der Waals surface area contributed by atoms with Crippen LogP contribution in [0.3, 0.4) is 0 Å². The highest BCUT2D eigenvalue weighted by Gasteiger charge is 2.25. The Kier molecular flexibility index (Phi) is 6.58. The first kappa shape index (κ1) is 21.4. The minimum atomic E-state index is -3.45. The zero-order chi connectivity index (χ0) is 21.7. The number of rotatable bonds is 7. The molecule has 162 valence electrons. The van der Waals surface area contributed by atoms with Gasteiger partial charge in [-0.05, 0) is 49.1 Å². The lowest BCUT2D eigenvalue weighted by Crippen LogP contribution is -2.35. The summed E-state index contributed by atoms with van der Waals surface area (Å²) in [5.74, 6) is 1.36. The summed E-state index contributed by atoms with van der Waals surface area (Å²) in [6.45, 7) is 3.73. The van der Waals surface area contributed by atoms with E-state index >= 15 is 0 Å². The highest BCUT2D eigenvalue weighted by atomic mass is 32.2. The van der Waals surface area contributed by atoms with Crippen LogP contribution in [0.25, 0.3) is 11.4 Å². The molecule has 2 aromatic heterocycles. The van der Waals surface area contributed by atoms with Crippen LogP contribution in [-0.2, 0) is 23.0 Å². The zero-order valence-corrected chi connectivity index (χ0v) is 18.5. The van der Waals surface area contributed by atoms with Crippen LogP contribution in [0, 0.1) is 0 Å². The maximum atomic E-state index is 13.0. The third-order valence-corrected chi connectivity index (χ3v) is 7.30. The molecule has 0 aliphatic carbocycles. The lowest BCUT2D eigenvalue weighted by atomic mass is 10.2. The number of nitrogens with one attached hydrogen (secondary N) is 1. The Bertz CT molecular complexity index is 1130. The first-order chi connectivity index (χ1) is 15.1. The zero-order valence-electron chi connectivity index (χ0n) is 17.7. The van der Waals surface area contributed by atoms with Gasteiger partial charge in [0.05, 0.1) is 4.90 Å². The summed E-state index contributed by atoms with van der Waals surface area (Å²) < 4.78 is 27.6. The second-order valence-electron chi connectivity index (χ2n) is 7.62. The normalized spacial score (nSPS) is 15.0. The molecule has 3 aromatic rings. The molecule has 0 radical (unpaired) electrons. The summed E-state index contributed by atoms with van der Waals surface area (Å²) >= 11 is 0. The number of hydrogen-bond acceptors (Lipinski definition) is 6. The molecule has 0 amide bonds. The van der Waals surface area contributed by atoms with Gasteiger partial charge < -0.3 is 5.32 Å². The third kappa shape index (κ3) is 5.08. The molecule has 1 aromatic carbocycles. The van der Waals surface area contributed by atoms with Crippen molar-refractivity contribution in [3.8, 4) is 11.4 Å². The van der Waals surface area contributed by atoms with Crippen LogP contribution in [0.4, 0.5) is 5.82 Å². The van der Waals surface area contributed by atoms with Crippen molar-refractivity contribution in [2.24, 2.45) is 0 Å². The number of sulfonamides is 1. The van der Waals surface area contributed by atoms with Crippen molar-refractivity contribution in [2.45, 2.75) is 44.0 Å². The predicted octanol–water partition coefficient (Wildman–Crippen LogP) is 3.89.